The van der Waals surface area contributed by atoms with Gasteiger partial charge in [-0.15, -0.1) is 0 Å². The first-order valence-corrected chi connectivity index (χ1v) is 9.73. The predicted molar refractivity (Wildman–Crippen MR) is 116 cm³/mol. The monoisotopic (exact) mass is 467 g/mol. The van der Waals surface area contributed by atoms with Crippen LogP contribution >= 0.6 is 27.5 Å². The van der Waals surface area contributed by atoms with E-state index in [0.29, 0.717) is 38.5 Å². The summed E-state index contributed by atoms with van der Waals surface area (Å²) < 4.78 is 6.54. The summed E-state index contributed by atoms with van der Waals surface area (Å²) in [5.41, 5.74) is 5.11. The summed E-state index contributed by atoms with van der Waals surface area (Å²) in [5.74, 6) is 0.230. The molecule has 0 radical (unpaired) electrons. The van der Waals surface area contributed by atoms with Crippen LogP contribution in [0.5, 0.6) is 5.75 Å². The second kappa shape index (κ2) is 9.87. The molecule has 1 amide bonds. The van der Waals surface area contributed by atoms with Crippen molar-refractivity contribution in [3.8, 4) is 11.8 Å². The largest absolute Gasteiger partial charge is 0.488 e. The van der Waals surface area contributed by atoms with Gasteiger partial charge in [0.25, 0.3) is 5.91 Å². The first-order valence-electron chi connectivity index (χ1n) is 8.56. The van der Waals surface area contributed by atoms with E-state index in [2.05, 4.69) is 32.5 Å². The zero-order valence-corrected chi connectivity index (χ0v) is 17.4. The fourth-order valence-corrected chi connectivity index (χ4v) is 3.10. The molecule has 3 aromatic rings. The van der Waals surface area contributed by atoms with Crippen molar-refractivity contribution >= 4 is 39.7 Å². The van der Waals surface area contributed by atoms with Gasteiger partial charge in [0.1, 0.15) is 12.4 Å². The number of ether oxygens (including phenoxy) is 1. The number of hydrazone groups is 1. The van der Waals surface area contributed by atoms with Crippen molar-refractivity contribution in [2.45, 2.75) is 6.61 Å². The normalized spacial score (nSPS) is 10.5. The first kappa shape index (κ1) is 20.6. The van der Waals surface area contributed by atoms with E-state index in [0.717, 1.165) is 5.56 Å². The van der Waals surface area contributed by atoms with E-state index in [1.54, 1.807) is 48.5 Å². The highest BCUT2D eigenvalue weighted by Gasteiger charge is 2.08. The van der Waals surface area contributed by atoms with Gasteiger partial charge in [-0.3, -0.25) is 4.79 Å². The molecule has 0 spiro atoms. The zero-order chi connectivity index (χ0) is 20.6. The Labute approximate surface area is 181 Å². The molecule has 0 aromatic heterocycles. The minimum atomic E-state index is -0.337. The quantitative estimate of drug-likeness (QED) is 0.393. The van der Waals surface area contributed by atoms with E-state index in [4.69, 9.17) is 21.6 Å². The van der Waals surface area contributed by atoms with Gasteiger partial charge in [0.05, 0.1) is 23.4 Å². The molecule has 0 saturated carbocycles. The first-order chi connectivity index (χ1) is 14.1. The third-order valence-electron chi connectivity index (χ3n) is 3.94. The molecule has 0 heterocycles. The highest BCUT2D eigenvalue weighted by molar-refractivity contribution is 9.10. The summed E-state index contributed by atoms with van der Waals surface area (Å²) in [4.78, 5) is 12.2. The number of rotatable bonds is 6. The number of hydrogen-bond donors (Lipinski definition) is 1. The maximum absolute atomic E-state index is 12.2. The van der Waals surface area contributed by atoms with Crippen LogP contribution in [0.25, 0.3) is 0 Å². The summed E-state index contributed by atoms with van der Waals surface area (Å²) in [7, 11) is 0. The second-order valence-corrected chi connectivity index (χ2v) is 7.25. The van der Waals surface area contributed by atoms with Gasteiger partial charge in [0.15, 0.2) is 0 Å². The smallest absolute Gasteiger partial charge is 0.272 e. The molecule has 0 fully saturated rings. The third-order valence-corrected chi connectivity index (χ3v) is 4.86. The second-order valence-electron chi connectivity index (χ2n) is 5.96. The van der Waals surface area contributed by atoms with Gasteiger partial charge < -0.3 is 4.74 Å². The number of halogens is 2. The van der Waals surface area contributed by atoms with Crippen LogP contribution in [-0.4, -0.2) is 12.1 Å². The number of hydrogen-bond acceptors (Lipinski definition) is 4. The fourth-order valence-electron chi connectivity index (χ4n) is 2.45. The Hall–Kier alpha value is -3.14. The van der Waals surface area contributed by atoms with Gasteiger partial charge in [-0.25, -0.2) is 5.43 Å². The molecular weight excluding hydrogens is 454 g/mol. The lowest BCUT2D eigenvalue weighted by molar-refractivity contribution is 0.0954. The highest BCUT2D eigenvalue weighted by atomic mass is 79.9. The van der Waals surface area contributed by atoms with Gasteiger partial charge in [0.2, 0.25) is 0 Å². The van der Waals surface area contributed by atoms with Crippen LogP contribution in [0.15, 0.2) is 76.3 Å². The molecule has 3 aromatic carbocycles. The number of nitriles is 1. The van der Waals surface area contributed by atoms with Gasteiger partial charge in [-0.1, -0.05) is 35.9 Å². The SMILES string of the molecule is N#Cc1ccc(COc2ccc(Cl)cc2/C=N/NC(=O)c2ccccc2Br)cc1. The number of carbonyl (C=O) groups excluding carboxylic acids is 1. The summed E-state index contributed by atoms with van der Waals surface area (Å²) in [6.07, 6.45) is 1.48. The van der Waals surface area contributed by atoms with Crippen LogP contribution < -0.4 is 10.2 Å². The van der Waals surface area contributed by atoms with E-state index >= 15 is 0 Å². The molecule has 7 heteroatoms. The number of amides is 1. The minimum Gasteiger partial charge on any atom is -0.488 e. The van der Waals surface area contributed by atoms with E-state index in [-0.39, 0.29) is 5.91 Å². The highest BCUT2D eigenvalue weighted by Crippen LogP contribution is 2.23. The van der Waals surface area contributed by atoms with Crippen LogP contribution in [0.1, 0.15) is 27.0 Å². The van der Waals surface area contributed by atoms with Crippen molar-refractivity contribution in [1.82, 2.24) is 5.43 Å². The molecular formula is C22H15BrClN3O2. The summed E-state index contributed by atoms with van der Waals surface area (Å²) in [6.45, 7) is 0.317. The minimum absolute atomic E-state index is 0.317. The van der Waals surface area contributed by atoms with Crippen LogP contribution in [0.3, 0.4) is 0 Å². The third kappa shape index (κ3) is 5.67. The predicted octanol–water partition coefficient (Wildman–Crippen LogP) is 5.32. The van der Waals surface area contributed by atoms with Crippen molar-refractivity contribution < 1.29 is 9.53 Å². The summed E-state index contributed by atoms with van der Waals surface area (Å²) in [5, 5.41) is 13.4. The van der Waals surface area contributed by atoms with E-state index in [1.165, 1.54) is 6.21 Å². The Kier molecular flexibility index (Phi) is 7.01. The molecule has 0 saturated heterocycles. The molecule has 0 aliphatic carbocycles. The number of benzene rings is 3. The molecule has 1 N–H and O–H groups in total. The zero-order valence-electron chi connectivity index (χ0n) is 15.1. The topological polar surface area (TPSA) is 74.5 Å². The molecule has 3 rings (SSSR count). The lowest BCUT2D eigenvalue weighted by Crippen LogP contribution is -2.18. The van der Waals surface area contributed by atoms with Crippen LogP contribution in [0.4, 0.5) is 0 Å². The molecule has 0 bridgehead atoms. The summed E-state index contributed by atoms with van der Waals surface area (Å²) >= 11 is 9.42. The van der Waals surface area contributed by atoms with Crippen molar-refractivity contribution in [2.24, 2.45) is 5.10 Å². The van der Waals surface area contributed by atoms with Crippen LogP contribution in [0, 0.1) is 11.3 Å². The van der Waals surface area contributed by atoms with Gasteiger partial charge >= 0.3 is 0 Å². The lowest BCUT2D eigenvalue weighted by atomic mass is 10.1. The van der Waals surface area contributed by atoms with Crippen molar-refractivity contribution in [1.29, 1.82) is 5.26 Å². The molecule has 144 valence electrons. The van der Waals surface area contributed by atoms with Crippen molar-refractivity contribution in [3.63, 3.8) is 0 Å². The maximum Gasteiger partial charge on any atom is 0.272 e. The Morgan fingerprint density at radius 2 is 1.93 bits per heavy atom. The molecule has 0 atom stereocenters. The molecule has 0 unspecified atom stereocenters. The van der Waals surface area contributed by atoms with Gasteiger partial charge in [-0.05, 0) is 64.0 Å². The maximum atomic E-state index is 12.2. The summed E-state index contributed by atoms with van der Waals surface area (Å²) in [6, 6.07) is 21.4. The van der Waals surface area contributed by atoms with E-state index in [9.17, 15) is 4.79 Å². The average Bonchev–Trinajstić information content (AvgIpc) is 2.74. The van der Waals surface area contributed by atoms with Gasteiger partial charge in [0, 0.05) is 15.1 Å². The fraction of sp³-hybridized carbons (Fsp3) is 0.0455. The van der Waals surface area contributed by atoms with Crippen molar-refractivity contribution in [3.05, 3.63) is 98.5 Å². The van der Waals surface area contributed by atoms with E-state index < -0.39 is 0 Å². The lowest BCUT2D eigenvalue weighted by Gasteiger charge is -2.10. The van der Waals surface area contributed by atoms with Crippen LogP contribution in [-0.2, 0) is 6.61 Å². The number of carbonyl (C=O) groups is 1. The molecule has 29 heavy (non-hydrogen) atoms. The Morgan fingerprint density at radius 1 is 1.17 bits per heavy atom. The Bertz CT molecular complexity index is 1090. The number of nitrogens with one attached hydrogen (secondary N) is 1. The van der Waals surface area contributed by atoms with Gasteiger partial charge in [-0.2, -0.15) is 10.4 Å². The number of nitrogens with zero attached hydrogens (tertiary/aromatic N) is 2. The average molecular weight is 469 g/mol. The standard InChI is InChI=1S/C22H15BrClN3O2/c23-20-4-2-1-3-19(20)22(28)27-26-13-17-11-18(24)9-10-21(17)29-14-16-7-5-15(12-25)6-8-16/h1-11,13H,14H2,(H,27,28)/b26-13+. The Morgan fingerprint density at radius 3 is 2.66 bits per heavy atom. The van der Waals surface area contributed by atoms with E-state index in [1.807, 2.05) is 18.2 Å². The molecule has 0 aliphatic rings. The molecule has 0 aliphatic heterocycles. The Balaban J connectivity index is 1.69. The molecule has 5 nitrogen and oxygen atoms in total. The van der Waals surface area contributed by atoms with Crippen molar-refractivity contribution in [2.75, 3.05) is 0 Å². The van der Waals surface area contributed by atoms with Crippen LogP contribution in [0.2, 0.25) is 5.02 Å².